The standard InChI is InChI=1S/C14H19NO3S/c1-9-10(2)19-8-11(9)13(18)15-14(7-12(16)17)5-3-4-6-14/h8H,3-7H2,1-2H3,(H,15,18)(H,16,17). The number of nitrogens with one attached hydrogen (secondary N) is 1. The molecule has 0 unspecified atom stereocenters. The van der Waals surface area contributed by atoms with Crippen LogP contribution >= 0.6 is 11.3 Å². The van der Waals surface area contributed by atoms with Gasteiger partial charge in [-0.05, 0) is 32.3 Å². The minimum Gasteiger partial charge on any atom is -0.481 e. The maximum absolute atomic E-state index is 12.3. The molecule has 1 aromatic rings. The third-order valence-electron chi connectivity index (χ3n) is 3.96. The first kappa shape index (κ1) is 14.1. The number of rotatable bonds is 4. The smallest absolute Gasteiger partial charge is 0.305 e. The minimum absolute atomic E-state index is 0.0148. The molecule has 1 amide bonds. The Hall–Kier alpha value is -1.36. The van der Waals surface area contributed by atoms with E-state index in [1.165, 1.54) is 0 Å². The van der Waals surface area contributed by atoms with Crippen molar-refractivity contribution in [3.8, 4) is 0 Å². The van der Waals surface area contributed by atoms with Crippen LogP contribution in [0.1, 0.15) is 52.9 Å². The molecule has 1 aliphatic rings. The fraction of sp³-hybridized carbons (Fsp3) is 0.571. The van der Waals surface area contributed by atoms with Gasteiger partial charge in [0.2, 0.25) is 0 Å². The molecule has 1 fully saturated rings. The lowest BCUT2D eigenvalue weighted by molar-refractivity contribution is -0.138. The average Bonchev–Trinajstić information content (AvgIpc) is 2.87. The molecule has 104 valence electrons. The van der Waals surface area contributed by atoms with Crippen LogP contribution in [-0.4, -0.2) is 22.5 Å². The second-order valence-electron chi connectivity index (χ2n) is 5.34. The quantitative estimate of drug-likeness (QED) is 0.891. The van der Waals surface area contributed by atoms with Crippen LogP contribution in [0.25, 0.3) is 0 Å². The van der Waals surface area contributed by atoms with Crippen LogP contribution in [0.3, 0.4) is 0 Å². The van der Waals surface area contributed by atoms with E-state index in [1.54, 1.807) is 11.3 Å². The second-order valence-corrected chi connectivity index (χ2v) is 6.43. The van der Waals surface area contributed by atoms with Crippen molar-refractivity contribution in [2.24, 2.45) is 0 Å². The van der Waals surface area contributed by atoms with Gasteiger partial charge in [0.25, 0.3) is 5.91 Å². The molecule has 2 rings (SSSR count). The van der Waals surface area contributed by atoms with Crippen molar-refractivity contribution < 1.29 is 14.7 Å². The molecule has 0 radical (unpaired) electrons. The van der Waals surface area contributed by atoms with E-state index in [0.717, 1.165) is 36.1 Å². The number of hydrogen-bond acceptors (Lipinski definition) is 3. The van der Waals surface area contributed by atoms with Gasteiger partial charge in [0.15, 0.2) is 0 Å². The molecule has 0 saturated heterocycles. The van der Waals surface area contributed by atoms with Crippen LogP contribution in [-0.2, 0) is 4.79 Å². The fourth-order valence-electron chi connectivity index (χ4n) is 2.73. The van der Waals surface area contributed by atoms with E-state index in [2.05, 4.69) is 5.32 Å². The van der Waals surface area contributed by atoms with Gasteiger partial charge in [-0.1, -0.05) is 12.8 Å². The van der Waals surface area contributed by atoms with Crippen molar-refractivity contribution >= 4 is 23.2 Å². The Labute approximate surface area is 116 Å². The van der Waals surface area contributed by atoms with Gasteiger partial charge in [0, 0.05) is 10.3 Å². The van der Waals surface area contributed by atoms with Crippen molar-refractivity contribution in [1.29, 1.82) is 0 Å². The summed E-state index contributed by atoms with van der Waals surface area (Å²) in [6.45, 7) is 3.92. The summed E-state index contributed by atoms with van der Waals surface area (Å²) in [6.07, 6.45) is 3.49. The Morgan fingerprint density at radius 1 is 1.37 bits per heavy atom. The van der Waals surface area contributed by atoms with E-state index < -0.39 is 11.5 Å². The number of carbonyl (C=O) groups is 2. The lowest BCUT2D eigenvalue weighted by Gasteiger charge is -2.28. The summed E-state index contributed by atoms with van der Waals surface area (Å²) >= 11 is 1.55. The summed E-state index contributed by atoms with van der Waals surface area (Å²) in [7, 11) is 0. The lowest BCUT2D eigenvalue weighted by atomic mass is 9.92. The summed E-state index contributed by atoms with van der Waals surface area (Å²) in [4.78, 5) is 24.5. The monoisotopic (exact) mass is 281 g/mol. The maximum Gasteiger partial charge on any atom is 0.305 e. The van der Waals surface area contributed by atoms with Gasteiger partial charge in [0.1, 0.15) is 0 Å². The molecule has 4 nitrogen and oxygen atoms in total. The molecule has 5 heteroatoms. The zero-order chi connectivity index (χ0) is 14.0. The van der Waals surface area contributed by atoms with Crippen molar-refractivity contribution in [3.63, 3.8) is 0 Å². The highest BCUT2D eigenvalue weighted by molar-refractivity contribution is 7.10. The maximum atomic E-state index is 12.3. The highest BCUT2D eigenvalue weighted by atomic mass is 32.1. The number of aryl methyl sites for hydroxylation is 1. The van der Waals surface area contributed by atoms with Gasteiger partial charge in [-0.2, -0.15) is 0 Å². The van der Waals surface area contributed by atoms with Crippen molar-refractivity contribution in [2.75, 3.05) is 0 Å². The molecule has 1 aliphatic carbocycles. The van der Waals surface area contributed by atoms with Crippen LogP contribution in [0.2, 0.25) is 0 Å². The van der Waals surface area contributed by atoms with E-state index in [4.69, 9.17) is 5.11 Å². The van der Waals surface area contributed by atoms with Gasteiger partial charge in [-0.25, -0.2) is 0 Å². The number of thiophene rings is 1. The molecular formula is C14H19NO3S. The van der Waals surface area contributed by atoms with Crippen LogP contribution in [0, 0.1) is 13.8 Å². The molecular weight excluding hydrogens is 262 g/mol. The summed E-state index contributed by atoms with van der Waals surface area (Å²) < 4.78 is 0. The minimum atomic E-state index is -0.847. The first-order valence-electron chi connectivity index (χ1n) is 6.52. The Morgan fingerprint density at radius 3 is 2.47 bits per heavy atom. The predicted octanol–water partition coefficient (Wildman–Crippen LogP) is 2.88. The molecule has 1 saturated carbocycles. The van der Waals surface area contributed by atoms with Gasteiger partial charge < -0.3 is 10.4 Å². The zero-order valence-electron chi connectivity index (χ0n) is 11.3. The highest BCUT2D eigenvalue weighted by Crippen LogP contribution is 2.33. The van der Waals surface area contributed by atoms with Gasteiger partial charge in [-0.15, -0.1) is 11.3 Å². The Bertz CT molecular complexity index is 501. The summed E-state index contributed by atoms with van der Waals surface area (Å²) in [5, 5.41) is 13.9. The topological polar surface area (TPSA) is 66.4 Å². The number of carboxylic acids is 1. The van der Waals surface area contributed by atoms with E-state index in [-0.39, 0.29) is 12.3 Å². The summed E-state index contributed by atoms with van der Waals surface area (Å²) in [5.41, 5.74) is 1.12. The van der Waals surface area contributed by atoms with Crippen molar-refractivity contribution in [1.82, 2.24) is 5.32 Å². The Balaban J connectivity index is 2.16. The first-order valence-corrected chi connectivity index (χ1v) is 7.40. The number of carbonyl (C=O) groups excluding carboxylic acids is 1. The summed E-state index contributed by atoms with van der Waals surface area (Å²) in [5.74, 6) is -0.981. The summed E-state index contributed by atoms with van der Waals surface area (Å²) in [6, 6.07) is 0. The molecule has 0 spiro atoms. The average molecular weight is 281 g/mol. The molecule has 0 aliphatic heterocycles. The van der Waals surface area contributed by atoms with Crippen molar-refractivity contribution in [3.05, 3.63) is 21.4 Å². The van der Waals surface area contributed by atoms with Crippen molar-refractivity contribution in [2.45, 2.75) is 51.5 Å². The van der Waals surface area contributed by atoms with E-state index >= 15 is 0 Å². The Kier molecular flexibility index (Phi) is 3.94. The van der Waals surface area contributed by atoms with E-state index in [9.17, 15) is 9.59 Å². The van der Waals surface area contributed by atoms with E-state index in [0.29, 0.717) is 5.56 Å². The molecule has 19 heavy (non-hydrogen) atoms. The molecule has 1 aromatic heterocycles. The normalized spacial score (nSPS) is 17.4. The Morgan fingerprint density at radius 2 is 2.00 bits per heavy atom. The third kappa shape index (κ3) is 2.97. The third-order valence-corrected chi connectivity index (χ3v) is 4.97. The second kappa shape index (κ2) is 5.33. The molecule has 2 N–H and O–H groups in total. The predicted molar refractivity (Wildman–Crippen MR) is 74.7 cm³/mol. The highest BCUT2D eigenvalue weighted by Gasteiger charge is 2.37. The van der Waals surface area contributed by atoms with Crippen LogP contribution in [0.5, 0.6) is 0 Å². The first-order chi connectivity index (χ1) is 8.93. The molecule has 0 aromatic carbocycles. The van der Waals surface area contributed by atoms with Gasteiger partial charge >= 0.3 is 5.97 Å². The fourth-order valence-corrected chi connectivity index (χ4v) is 3.60. The number of amides is 1. The van der Waals surface area contributed by atoms with Gasteiger partial charge in [0.05, 0.1) is 17.5 Å². The number of aliphatic carboxylic acids is 1. The zero-order valence-corrected chi connectivity index (χ0v) is 12.1. The largest absolute Gasteiger partial charge is 0.481 e. The number of hydrogen-bond donors (Lipinski definition) is 2. The molecule has 1 heterocycles. The SMILES string of the molecule is Cc1scc(C(=O)NC2(CC(=O)O)CCCC2)c1C. The molecule has 0 atom stereocenters. The molecule has 0 bridgehead atoms. The van der Waals surface area contributed by atoms with Crippen LogP contribution in [0.4, 0.5) is 0 Å². The number of carboxylic acid groups (broad SMARTS) is 1. The van der Waals surface area contributed by atoms with Crippen LogP contribution in [0.15, 0.2) is 5.38 Å². The van der Waals surface area contributed by atoms with E-state index in [1.807, 2.05) is 19.2 Å². The van der Waals surface area contributed by atoms with Crippen LogP contribution < -0.4 is 5.32 Å². The lowest BCUT2D eigenvalue weighted by Crippen LogP contribution is -2.47. The van der Waals surface area contributed by atoms with Gasteiger partial charge in [-0.3, -0.25) is 9.59 Å².